The molecule has 0 fully saturated rings. The number of hydrogen-bond acceptors (Lipinski definition) is 2. The van der Waals surface area contributed by atoms with Gasteiger partial charge in [-0.25, -0.2) is 0 Å². The highest BCUT2D eigenvalue weighted by Gasteiger charge is 2.11. The molecule has 14 heavy (non-hydrogen) atoms. The van der Waals surface area contributed by atoms with Gasteiger partial charge in [0.1, 0.15) is 12.4 Å². The molecule has 0 amide bonds. The summed E-state index contributed by atoms with van der Waals surface area (Å²) in [6.07, 6.45) is 8.42. The topological polar surface area (TPSA) is 21.3 Å². The van der Waals surface area contributed by atoms with Gasteiger partial charge in [0.15, 0.2) is 0 Å². The van der Waals surface area contributed by atoms with E-state index in [-0.39, 0.29) is 0 Å². The quantitative estimate of drug-likeness (QED) is 0.670. The van der Waals surface area contributed by atoms with Crippen LogP contribution in [-0.4, -0.2) is 13.2 Å². The van der Waals surface area contributed by atoms with Crippen LogP contribution in [0.4, 0.5) is 5.69 Å². The van der Waals surface area contributed by atoms with Crippen LogP contribution in [0.15, 0.2) is 24.3 Å². The first kappa shape index (κ1) is 7.68. The van der Waals surface area contributed by atoms with Crippen molar-refractivity contribution in [3.8, 4) is 5.75 Å². The van der Waals surface area contributed by atoms with Gasteiger partial charge in [-0.2, -0.15) is 0 Å². The van der Waals surface area contributed by atoms with E-state index < -0.39 is 0 Å². The van der Waals surface area contributed by atoms with Gasteiger partial charge >= 0.3 is 0 Å². The largest absolute Gasteiger partial charge is 0.489 e. The highest BCUT2D eigenvalue weighted by Crippen LogP contribution is 2.32. The summed E-state index contributed by atoms with van der Waals surface area (Å²) in [6, 6.07) is 4.24. The average molecular weight is 185 g/mol. The van der Waals surface area contributed by atoms with E-state index in [9.17, 15) is 0 Å². The first-order valence-electron chi connectivity index (χ1n) is 4.81. The summed E-state index contributed by atoms with van der Waals surface area (Å²) < 4.78 is 5.54. The molecule has 1 aromatic rings. The van der Waals surface area contributed by atoms with Gasteiger partial charge < -0.3 is 10.1 Å². The van der Waals surface area contributed by atoms with E-state index in [2.05, 4.69) is 35.7 Å². The lowest BCUT2D eigenvalue weighted by atomic mass is 10.0. The predicted octanol–water partition coefficient (Wildman–Crippen LogP) is 2.53. The zero-order valence-corrected chi connectivity index (χ0v) is 7.79. The van der Waals surface area contributed by atoms with Crippen molar-refractivity contribution >= 4 is 17.8 Å². The van der Waals surface area contributed by atoms with Crippen LogP contribution in [0.2, 0.25) is 0 Å². The maximum absolute atomic E-state index is 5.54. The SMILES string of the molecule is C1=Cc2cc3c(cc2NC1)OCC=C3. The van der Waals surface area contributed by atoms with Gasteiger partial charge in [-0.1, -0.05) is 18.2 Å². The molecular weight excluding hydrogens is 174 g/mol. The van der Waals surface area contributed by atoms with Gasteiger partial charge in [0, 0.05) is 23.9 Å². The van der Waals surface area contributed by atoms with Crippen molar-refractivity contribution in [2.75, 3.05) is 18.5 Å². The van der Waals surface area contributed by atoms with Crippen molar-refractivity contribution in [3.05, 3.63) is 35.4 Å². The zero-order valence-electron chi connectivity index (χ0n) is 7.79. The standard InChI is InChI=1S/C12H11NO/c1-3-9-7-10-4-2-6-14-12(10)8-11(9)13-5-1/h1-4,7-8,13H,5-6H2. The molecule has 0 saturated carbocycles. The molecule has 2 heterocycles. The fourth-order valence-electron chi connectivity index (χ4n) is 1.83. The summed E-state index contributed by atoms with van der Waals surface area (Å²) in [4.78, 5) is 0. The Kier molecular flexibility index (Phi) is 1.60. The maximum atomic E-state index is 5.54. The van der Waals surface area contributed by atoms with Crippen LogP contribution in [0.25, 0.3) is 12.2 Å². The molecule has 2 aliphatic rings. The molecule has 0 bridgehead atoms. The van der Waals surface area contributed by atoms with Crippen molar-refractivity contribution in [3.63, 3.8) is 0 Å². The molecule has 0 saturated heterocycles. The van der Waals surface area contributed by atoms with E-state index in [0.29, 0.717) is 6.61 Å². The smallest absolute Gasteiger partial charge is 0.129 e. The van der Waals surface area contributed by atoms with Crippen molar-refractivity contribution in [2.45, 2.75) is 0 Å². The lowest BCUT2D eigenvalue weighted by Crippen LogP contribution is -2.07. The first-order chi connectivity index (χ1) is 6.93. The van der Waals surface area contributed by atoms with Gasteiger partial charge in [-0.15, -0.1) is 0 Å². The van der Waals surface area contributed by atoms with Crippen LogP contribution >= 0.6 is 0 Å². The van der Waals surface area contributed by atoms with Crippen LogP contribution < -0.4 is 10.1 Å². The molecule has 0 unspecified atom stereocenters. The minimum absolute atomic E-state index is 0.682. The zero-order chi connectivity index (χ0) is 9.38. The fourth-order valence-corrected chi connectivity index (χ4v) is 1.83. The molecule has 0 aliphatic carbocycles. The van der Waals surface area contributed by atoms with E-state index in [4.69, 9.17) is 4.74 Å². The Hall–Kier alpha value is -1.70. The van der Waals surface area contributed by atoms with E-state index in [1.807, 2.05) is 6.08 Å². The Morgan fingerprint density at radius 1 is 1.07 bits per heavy atom. The summed E-state index contributed by atoms with van der Waals surface area (Å²) in [5, 5.41) is 3.32. The number of ether oxygens (including phenoxy) is 1. The fraction of sp³-hybridized carbons (Fsp3) is 0.167. The third-order valence-corrected chi connectivity index (χ3v) is 2.52. The average Bonchev–Trinajstić information content (AvgIpc) is 2.26. The van der Waals surface area contributed by atoms with Crippen LogP contribution in [0, 0.1) is 0 Å². The minimum Gasteiger partial charge on any atom is -0.489 e. The molecule has 0 spiro atoms. The number of anilines is 1. The second-order valence-electron chi connectivity index (χ2n) is 3.47. The number of fused-ring (bicyclic) bond motifs is 2. The molecule has 0 aromatic heterocycles. The Balaban J connectivity index is 2.18. The van der Waals surface area contributed by atoms with E-state index in [1.54, 1.807) is 0 Å². The van der Waals surface area contributed by atoms with E-state index in [0.717, 1.165) is 12.3 Å². The highest BCUT2D eigenvalue weighted by molar-refractivity contribution is 5.76. The predicted molar refractivity (Wildman–Crippen MR) is 58.5 cm³/mol. The molecule has 3 rings (SSSR count). The number of nitrogens with one attached hydrogen (secondary N) is 1. The van der Waals surface area contributed by atoms with Gasteiger partial charge in [0.25, 0.3) is 0 Å². The van der Waals surface area contributed by atoms with Crippen molar-refractivity contribution < 1.29 is 4.74 Å². The molecule has 70 valence electrons. The van der Waals surface area contributed by atoms with Crippen molar-refractivity contribution in [1.82, 2.24) is 0 Å². The van der Waals surface area contributed by atoms with Crippen LogP contribution in [0.3, 0.4) is 0 Å². The number of hydrogen-bond donors (Lipinski definition) is 1. The van der Waals surface area contributed by atoms with Crippen LogP contribution in [-0.2, 0) is 0 Å². The van der Waals surface area contributed by atoms with Crippen LogP contribution in [0.1, 0.15) is 11.1 Å². The number of rotatable bonds is 0. The van der Waals surface area contributed by atoms with Crippen LogP contribution in [0.5, 0.6) is 5.75 Å². The third kappa shape index (κ3) is 1.11. The Labute approximate surface area is 82.9 Å². The van der Waals surface area contributed by atoms with Gasteiger partial charge in [-0.05, 0) is 17.7 Å². The lowest BCUT2D eigenvalue weighted by Gasteiger charge is -2.18. The normalized spacial score (nSPS) is 16.6. The molecule has 0 radical (unpaired) electrons. The van der Waals surface area contributed by atoms with Gasteiger partial charge in [0.2, 0.25) is 0 Å². The first-order valence-corrected chi connectivity index (χ1v) is 4.81. The minimum atomic E-state index is 0.682. The Morgan fingerprint density at radius 3 is 3.00 bits per heavy atom. The summed E-state index contributed by atoms with van der Waals surface area (Å²) in [7, 11) is 0. The second-order valence-corrected chi connectivity index (χ2v) is 3.47. The molecule has 2 nitrogen and oxygen atoms in total. The van der Waals surface area contributed by atoms with Crippen molar-refractivity contribution in [2.24, 2.45) is 0 Å². The second kappa shape index (κ2) is 2.91. The van der Waals surface area contributed by atoms with Gasteiger partial charge in [0.05, 0.1) is 0 Å². The molecule has 1 aromatic carbocycles. The summed E-state index contributed by atoms with van der Waals surface area (Å²) in [5.41, 5.74) is 3.58. The monoisotopic (exact) mass is 185 g/mol. The summed E-state index contributed by atoms with van der Waals surface area (Å²) in [6.45, 7) is 1.59. The molecule has 2 aliphatic heterocycles. The molecule has 2 heteroatoms. The van der Waals surface area contributed by atoms with E-state index in [1.165, 1.54) is 16.8 Å². The maximum Gasteiger partial charge on any atom is 0.129 e. The lowest BCUT2D eigenvalue weighted by molar-refractivity contribution is 0.359. The summed E-state index contributed by atoms with van der Waals surface area (Å²) >= 11 is 0. The number of benzene rings is 1. The Bertz CT molecular complexity index is 395. The summed E-state index contributed by atoms with van der Waals surface area (Å²) in [5.74, 6) is 0.981. The molecular formula is C12H11NO. The molecule has 1 N–H and O–H groups in total. The highest BCUT2D eigenvalue weighted by atomic mass is 16.5. The van der Waals surface area contributed by atoms with Crippen molar-refractivity contribution in [1.29, 1.82) is 0 Å². The van der Waals surface area contributed by atoms with Gasteiger partial charge in [-0.3, -0.25) is 0 Å². The Morgan fingerprint density at radius 2 is 2.00 bits per heavy atom. The third-order valence-electron chi connectivity index (χ3n) is 2.52. The molecule has 0 atom stereocenters. The van der Waals surface area contributed by atoms with E-state index >= 15 is 0 Å².